The minimum absolute atomic E-state index is 0.104. The fraction of sp³-hybridized carbons (Fsp3) is 0.667. The van der Waals surface area contributed by atoms with Crippen molar-refractivity contribution in [3.63, 3.8) is 0 Å². The SMILES string of the molecule is CC(C)N1CCC[C@]2(CCN(CCCOCc3ccccc3)C2)C1=O. The molecule has 1 aromatic rings. The Balaban J connectivity index is 1.40. The molecule has 0 N–H and O–H groups in total. The molecular weight excluding hydrogens is 312 g/mol. The van der Waals surface area contributed by atoms with E-state index in [1.165, 1.54) is 5.56 Å². The molecule has 4 heteroatoms. The summed E-state index contributed by atoms with van der Waals surface area (Å²) >= 11 is 0. The molecule has 138 valence electrons. The quantitative estimate of drug-likeness (QED) is 0.712. The smallest absolute Gasteiger partial charge is 0.230 e. The molecule has 0 bridgehead atoms. The van der Waals surface area contributed by atoms with E-state index in [4.69, 9.17) is 4.74 Å². The van der Waals surface area contributed by atoms with Crippen LogP contribution in [0.5, 0.6) is 0 Å². The fourth-order valence-corrected chi connectivity index (χ4v) is 4.28. The molecule has 0 saturated carbocycles. The highest BCUT2D eigenvalue weighted by Gasteiger charge is 2.48. The van der Waals surface area contributed by atoms with E-state index >= 15 is 0 Å². The first-order chi connectivity index (χ1) is 12.1. The molecule has 0 aromatic heterocycles. The Hall–Kier alpha value is -1.39. The van der Waals surface area contributed by atoms with E-state index in [2.05, 4.69) is 35.8 Å². The third-order valence-corrected chi connectivity index (χ3v) is 5.70. The number of hydrogen-bond acceptors (Lipinski definition) is 3. The second-order valence-corrected chi connectivity index (χ2v) is 7.89. The summed E-state index contributed by atoms with van der Waals surface area (Å²) in [6, 6.07) is 10.6. The lowest BCUT2D eigenvalue weighted by Crippen LogP contribution is -2.52. The molecule has 0 unspecified atom stereocenters. The van der Waals surface area contributed by atoms with E-state index in [1.54, 1.807) is 0 Å². The summed E-state index contributed by atoms with van der Waals surface area (Å²) in [5, 5.41) is 0. The lowest BCUT2D eigenvalue weighted by molar-refractivity contribution is -0.147. The van der Waals surface area contributed by atoms with Gasteiger partial charge in [0.05, 0.1) is 12.0 Å². The Bertz CT molecular complexity index is 560. The van der Waals surface area contributed by atoms with Crippen LogP contribution < -0.4 is 0 Å². The van der Waals surface area contributed by atoms with Gasteiger partial charge in [-0.3, -0.25) is 4.79 Å². The Morgan fingerprint density at radius 1 is 1.16 bits per heavy atom. The Morgan fingerprint density at radius 3 is 2.72 bits per heavy atom. The third-order valence-electron chi connectivity index (χ3n) is 5.70. The zero-order valence-electron chi connectivity index (χ0n) is 15.7. The Labute approximate surface area is 152 Å². The maximum Gasteiger partial charge on any atom is 0.230 e. The molecule has 2 fully saturated rings. The summed E-state index contributed by atoms with van der Waals surface area (Å²) in [6.07, 6.45) is 4.28. The van der Waals surface area contributed by atoms with Crippen LogP contribution in [0, 0.1) is 5.41 Å². The van der Waals surface area contributed by atoms with E-state index in [1.807, 2.05) is 18.2 Å². The summed E-state index contributed by atoms with van der Waals surface area (Å²) in [4.78, 5) is 17.5. The number of likely N-dealkylation sites (tertiary alicyclic amines) is 2. The van der Waals surface area contributed by atoms with Crippen LogP contribution in [0.1, 0.15) is 45.1 Å². The van der Waals surface area contributed by atoms with Crippen molar-refractivity contribution < 1.29 is 9.53 Å². The summed E-state index contributed by atoms with van der Waals surface area (Å²) in [6.45, 7) is 9.69. The van der Waals surface area contributed by atoms with Gasteiger partial charge in [-0.1, -0.05) is 30.3 Å². The van der Waals surface area contributed by atoms with Crippen molar-refractivity contribution in [2.45, 2.75) is 52.2 Å². The third kappa shape index (κ3) is 4.42. The number of carbonyl (C=O) groups is 1. The molecule has 3 rings (SSSR count). The number of amides is 1. The van der Waals surface area contributed by atoms with Gasteiger partial charge in [-0.15, -0.1) is 0 Å². The molecule has 25 heavy (non-hydrogen) atoms. The zero-order chi connectivity index (χ0) is 17.7. The van der Waals surface area contributed by atoms with Gasteiger partial charge in [0, 0.05) is 32.3 Å². The number of carbonyl (C=O) groups excluding carboxylic acids is 1. The van der Waals surface area contributed by atoms with Crippen LogP contribution in [0.3, 0.4) is 0 Å². The maximum absolute atomic E-state index is 12.9. The highest BCUT2D eigenvalue weighted by Crippen LogP contribution is 2.40. The molecule has 1 spiro atoms. The minimum Gasteiger partial charge on any atom is -0.377 e. The second-order valence-electron chi connectivity index (χ2n) is 7.89. The fourth-order valence-electron chi connectivity index (χ4n) is 4.28. The van der Waals surface area contributed by atoms with E-state index in [0.29, 0.717) is 18.6 Å². The number of nitrogens with zero attached hydrogens (tertiary/aromatic N) is 2. The van der Waals surface area contributed by atoms with E-state index in [9.17, 15) is 4.79 Å². The van der Waals surface area contributed by atoms with Gasteiger partial charge < -0.3 is 14.5 Å². The first-order valence-corrected chi connectivity index (χ1v) is 9.76. The lowest BCUT2D eigenvalue weighted by Gasteiger charge is -2.41. The van der Waals surface area contributed by atoms with E-state index in [-0.39, 0.29) is 5.41 Å². The van der Waals surface area contributed by atoms with E-state index in [0.717, 1.165) is 58.5 Å². The van der Waals surface area contributed by atoms with Crippen LogP contribution in [-0.4, -0.2) is 54.5 Å². The summed E-state index contributed by atoms with van der Waals surface area (Å²) in [5.41, 5.74) is 1.12. The molecular formula is C21H32N2O2. The Morgan fingerprint density at radius 2 is 1.96 bits per heavy atom. The normalized spacial score (nSPS) is 24.6. The number of benzene rings is 1. The summed E-state index contributed by atoms with van der Waals surface area (Å²) in [7, 11) is 0. The average molecular weight is 344 g/mol. The lowest BCUT2D eigenvalue weighted by atomic mass is 9.78. The predicted molar refractivity (Wildman–Crippen MR) is 100 cm³/mol. The van der Waals surface area contributed by atoms with Gasteiger partial charge in [0.1, 0.15) is 0 Å². The van der Waals surface area contributed by atoms with Crippen molar-refractivity contribution in [2.24, 2.45) is 5.41 Å². The summed E-state index contributed by atoms with van der Waals surface area (Å²) < 4.78 is 5.78. The van der Waals surface area contributed by atoms with Crippen molar-refractivity contribution in [2.75, 3.05) is 32.8 Å². The molecule has 4 nitrogen and oxygen atoms in total. The van der Waals surface area contributed by atoms with Crippen LogP contribution in [0.2, 0.25) is 0 Å². The van der Waals surface area contributed by atoms with Gasteiger partial charge in [-0.05, 0) is 51.6 Å². The van der Waals surface area contributed by atoms with Gasteiger partial charge in [0.2, 0.25) is 5.91 Å². The standard InChI is InChI=1S/C21H32N2O2/c1-18(2)23-13-6-10-21(20(23)24)11-14-22(17-21)12-7-15-25-16-19-8-4-3-5-9-19/h3-5,8-9,18H,6-7,10-17H2,1-2H3/t21-/m1/s1. The molecule has 2 aliphatic heterocycles. The predicted octanol–water partition coefficient (Wildman–Crippen LogP) is 3.32. The number of piperidine rings is 1. The van der Waals surface area contributed by atoms with Gasteiger partial charge in [0.25, 0.3) is 0 Å². The van der Waals surface area contributed by atoms with Gasteiger partial charge in [-0.25, -0.2) is 0 Å². The largest absolute Gasteiger partial charge is 0.377 e. The van der Waals surface area contributed by atoms with Crippen LogP contribution in [0.25, 0.3) is 0 Å². The van der Waals surface area contributed by atoms with Crippen molar-refractivity contribution in [1.29, 1.82) is 0 Å². The van der Waals surface area contributed by atoms with Gasteiger partial charge >= 0.3 is 0 Å². The number of ether oxygens (including phenoxy) is 1. The van der Waals surface area contributed by atoms with Crippen LogP contribution >= 0.6 is 0 Å². The van der Waals surface area contributed by atoms with E-state index < -0.39 is 0 Å². The first-order valence-electron chi connectivity index (χ1n) is 9.76. The van der Waals surface area contributed by atoms with Gasteiger partial charge in [-0.2, -0.15) is 0 Å². The van der Waals surface area contributed by atoms with Crippen molar-refractivity contribution in [3.8, 4) is 0 Å². The maximum atomic E-state index is 12.9. The molecule has 1 amide bonds. The first kappa shape index (κ1) is 18.4. The van der Waals surface area contributed by atoms with Crippen LogP contribution in [-0.2, 0) is 16.1 Å². The molecule has 2 aliphatic rings. The molecule has 0 radical (unpaired) electrons. The zero-order valence-corrected chi connectivity index (χ0v) is 15.7. The minimum atomic E-state index is -0.104. The number of rotatable bonds is 7. The molecule has 2 heterocycles. The van der Waals surface area contributed by atoms with Gasteiger partial charge in [0.15, 0.2) is 0 Å². The molecule has 2 saturated heterocycles. The van der Waals surface area contributed by atoms with Crippen LogP contribution in [0.15, 0.2) is 30.3 Å². The molecule has 1 atom stereocenters. The molecule has 1 aromatic carbocycles. The van der Waals surface area contributed by atoms with Crippen LogP contribution in [0.4, 0.5) is 0 Å². The van der Waals surface area contributed by atoms with Crippen molar-refractivity contribution in [3.05, 3.63) is 35.9 Å². The summed E-state index contributed by atoms with van der Waals surface area (Å²) in [5.74, 6) is 0.400. The average Bonchev–Trinajstić information content (AvgIpc) is 3.02. The monoisotopic (exact) mass is 344 g/mol. The highest BCUT2D eigenvalue weighted by atomic mass is 16.5. The highest BCUT2D eigenvalue weighted by molar-refractivity contribution is 5.84. The Kier molecular flexibility index (Phi) is 6.13. The molecule has 0 aliphatic carbocycles. The van der Waals surface area contributed by atoms with Crippen molar-refractivity contribution >= 4 is 5.91 Å². The second kappa shape index (κ2) is 8.33. The topological polar surface area (TPSA) is 32.8 Å². The number of hydrogen-bond donors (Lipinski definition) is 0. The van der Waals surface area contributed by atoms with Crippen molar-refractivity contribution in [1.82, 2.24) is 9.80 Å².